The molecule has 0 unspecified atom stereocenters. The summed E-state index contributed by atoms with van der Waals surface area (Å²) in [6.45, 7) is 14.2. The minimum atomic E-state index is 0.152. The molecule has 1 rings (SSSR count). The average Bonchev–Trinajstić information content (AvgIpc) is 2.62. The number of hydrogen-bond donors (Lipinski definition) is 1. The molecule has 110 valence electrons. The van der Waals surface area contributed by atoms with E-state index in [1.165, 1.54) is 10.7 Å². The van der Waals surface area contributed by atoms with Crippen LogP contribution in [-0.4, -0.2) is 37.1 Å². The molecule has 1 aromatic rings. The Hall–Kier alpha value is -0.450. The van der Waals surface area contributed by atoms with E-state index in [0.717, 1.165) is 19.6 Å². The molecule has 0 fully saturated rings. The molecule has 0 aromatic carbocycles. The van der Waals surface area contributed by atoms with Crippen LogP contribution in [0.25, 0.3) is 0 Å². The maximum absolute atomic E-state index is 4.71. The lowest BCUT2D eigenvalue weighted by Crippen LogP contribution is -2.37. The molecule has 0 saturated heterocycles. The maximum Gasteiger partial charge on any atom is 0.107 e. The first-order chi connectivity index (χ1) is 8.60. The highest BCUT2D eigenvalue weighted by molar-refractivity contribution is 7.09. The fourth-order valence-electron chi connectivity index (χ4n) is 2.16. The van der Waals surface area contributed by atoms with Crippen LogP contribution in [0.15, 0.2) is 5.38 Å². The Balaban J connectivity index is 2.43. The molecule has 4 heteroatoms. The summed E-state index contributed by atoms with van der Waals surface area (Å²) in [5.41, 5.74) is 1.63. The van der Waals surface area contributed by atoms with Crippen LogP contribution in [-0.2, 0) is 12.0 Å². The lowest BCUT2D eigenvalue weighted by atomic mass is 9.93. The molecular formula is C15H29N3S. The Labute approximate surface area is 122 Å². The van der Waals surface area contributed by atoms with E-state index in [1.807, 2.05) is 0 Å². The monoisotopic (exact) mass is 283 g/mol. The molecule has 0 saturated carbocycles. The summed E-state index contributed by atoms with van der Waals surface area (Å²) >= 11 is 1.76. The molecule has 0 spiro atoms. The van der Waals surface area contributed by atoms with Crippen LogP contribution in [0.5, 0.6) is 0 Å². The number of aromatic nitrogens is 1. The van der Waals surface area contributed by atoms with Crippen molar-refractivity contribution in [1.29, 1.82) is 0 Å². The van der Waals surface area contributed by atoms with Gasteiger partial charge >= 0.3 is 0 Å². The van der Waals surface area contributed by atoms with Gasteiger partial charge in [0.25, 0.3) is 0 Å². The summed E-state index contributed by atoms with van der Waals surface area (Å²) in [7, 11) is 4.25. The van der Waals surface area contributed by atoms with Crippen molar-refractivity contribution in [3.05, 3.63) is 16.1 Å². The Kier molecular flexibility index (Phi) is 5.53. The van der Waals surface area contributed by atoms with Crippen LogP contribution in [0.1, 0.15) is 45.3 Å². The maximum atomic E-state index is 4.71. The molecule has 1 N–H and O–H groups in total. The Morgan fingerprint density at radius 1 is 1.21 bits per heavy atom. The minimum Gasteiger partial charge on any atom is -0.310 e. The molecule has 0 aliphatic heterocycles. The normalized spacial score (nSPS) is 13.3. The van der Waals surface area contributed by atoms with Crippen LogP contribution in [0.3, 0.4) is 0 Å². The van der Waals surface area contributed by atoms with Crippen LogP contribution in [0.4, 0.5) is 0 Å². The van der Waals surface area contributed by atoms with Crippen molar-refractivity contribution in [2.24, 2.45) is 5.41 Å². The van der Waals surface area contributed by atoms with Gasteiger partial charge in [-0.1, -0.05) is 34.6 Å². The number of rotatable bonds is 6. The van der Waals surface area contributed by atoms with Gasteiger partial charge in [-0.05, 0) is 19.5 Å². The lowest BCUT2D eigenvalue weighted by molar-refractivity contribution is 0.232. The van der Waals surface area contributed by atoms with Gasteiger partial charge in [0.15, 0.2) is 0 Å². The van der Waals surface area contributed by atoms with Crippen LogP contribution in [0.2, 0.25) is 0 Å². The molecule has 0 bridgehead atoms. The standard InChI is InChI=1S/C15H29N3S/c1-14(2,3)12-9-19-13(17-12)8-16-10-15(4,5)11-18(6)7/h9,16H,8,10-11H2,1-7H3. The number of nitrogens with one attached hydrogen (secondary N) is 1. The summed E-state index contributed by atoms with van der Waals surface area (Å²) in [5.74, 6) is 0. The van der Waals surface area contributed by atoms with E-state index in [2.05, 4.69) is 64.3 Å². The Morgan fingerprint density at radius 2 is 1.84 bits per heavy atom. The van der Waals surface area contributed by atoms with E-state index in [9.17, 15) is 0 Å². The zero-order valence-electron chi connectivity index (χ0n) is 13.5. The topological polar surface area (TPSA) is 28.2 Å². The first-order valence-corrected chi connectivity index (χ1v) is 7.78. The molecule has 19 heavy (non-hydrogen) atoms. The molecule has 1 aromatic heterocycles. The molecule has 3 nitrogen and oxygen atoms in total. The number of nitrogens with zero attached hydrogens (tertiary/aromatic N) is 2. The van der Waals surface area contributed by atoms with Gasteiger partial charge < -0.3 is 10.2 Å². The van der Waals surface area contributed by atoms with Crippen LogP contribution < -0.4 is 5.32 Å². The number of thiazole rings is 1. The Bertz CT molecular complexity index is 388. The summed E-state index contributed by atoms with van der Waals surface area (Å²) in [4.78, 5) is 6.95. The third-order valence-corrected chi connectivity index (χ3v) is 3.79. The lowest BCUT2D eigenvalue weighted by Gasteiger charge is -2.28. The predicted octanol–water partition coefficient (Wildman–Crippen LogP) is 3.12. The molecule has 1 heterocycles. The molecule has 0 radical (unpaired) electrons. The molecule has 0 aliphatic carbocycles. The fourth-order valence-corrected chi connectivity index (χ4v) is 3.15. The van der Waals surface area contributed by atoms with E-state index in [4.69, 9.17) is 4.98 Å². The minimum absolute atomic E-state index is 0.152. The largest absolute Gasteiger partial charge is 0.310 e. The van der Waals surface area contributed by atoms with Crippen LogP contribution in [0, 0.1) is 5.41 Å². The van der Waals surface area contributed by atoms with Gasteiger partial charge in [-0.3, -0.25) is 0 Å². The third kappa shape index (κ3) is 6.02. The molecule has 0 amide bonds. The summed E-state index contributed by atoms with van der Waals surface area (Å²) in [6, 6.07) is 0. The molecule has 0 atom stereocenters. The second-order valence-electron chi connectivity index (χ2n) is 7.38. The highest BCUT2D eigenvalue weighted by Crippen LogP contribution is 2.24. The van der Waals surface area contributed by atoms with Crippen molar-refractivity contribution in [3.8, 4) is 0 Å². The fraction of sp³-hybridized carbons (Fsp3) is 0.800. The first kappa shape index (κ1) is 16.6. The second-order valence-corrected chi connectivity index (χ2v) is 8.32. The van der Waals surface area contributed by atoms with Gasteiger partial charge in [-0.25, -0.2) is 4.98 Å². The van der Waals surface area contributed by atoms with Gasteiger partial charge in [0, 0.05) is 30.4 Å². The quantitative estimate of drug-likeness (QED) is 0.869. The Morgan fingerprint density at radius 3 is 2.32 bits per heavy atom. The highest BCUT2D eigenvalue weighted by atomic mass is 32.1. The molecular weight excluding hydrogens is 254 g/mol. The van der Waals surface area contributed by atoms with Crippen molar-refractivity contribution < 1.29 is 0 Å². The molecule has 0 aliphatic rings. The van der Waals surface area contributed by atoms with Gasteiger partial charge in [0.05, 0.1) is 5.69 Å². The van der Waals surface area contributed by atoms with Crippen molar-refractivity contribution in [1.82, 2.24) is 15.2 Å². The number of hydrogen-bond acceptors (Lipinski definition) is 4. The highest BCUT2D eigenvalue weighted by Gasteiger charge is 2.19. The van der Waals surface area contributed by atoms with E-state index in [1.54, 1.807) is 11.3 Å². The van der Waals surface area contributed by atoms with Gasteiger partial charge in [-0.2, -0.15) is 0 Å². The van der Waals surface area contributed by atoms with Crippen molar-refractivity contribution >= 4 is 11.3 Å². The third-order valence-electron chi connectivity index (χ3n) is 2.94. The SMILES string of the molecule is CN(C)CC(C)(C)CNCc1nc(C(C)(C)C)cs1. The summed E-state index contributed by atoms with van der Waals surface area (Å²) in [5, 5.41) is 6.90. The average molecular weight is 283 g/mol. The van der Waals surface area contributed by atoms with Gasteiger partial charge in [0.1, 0.15) is 5.01 Å². The van der Waals surface area contributed by atoms with E-state index < -0.39 is 0 Å². The zero-order valence-corrected chi connectivity index (χ0v) is 14.3. The second kappa shape index (κ2) is 6.33. The van der Waals surface area contributed by atoms with Crippen molar-refractivity contribution in [2.75, 3.05) is 27.2 Å². The van der Waals surface area contributed by atoms with Crippen molar-refractivity contribution in [3.63, 3.8) is 0 Å². The van der Waals surface area contributed by atoms with E-state index in [0.29, 0.717) is 0 Å². The summed E-state index contributed by atoms with van der Waals surface area (Å²) < 4.78 is 0. The van der Waals surface area contributed by atoms with Gasteiger partial charge in [0.2, 0.25) is 0 Å². The van der Waals surface area contributed by atoms with E-state index in [-0.39, 0.29) is 10.8 Å². The predicted molar refractivity (Wildman–Crippen MR) is 84.9 cm³/mol. The zero-order chi connectivity index (χ0) is 14.7. The van der Waals surface area contributed by atoms with E-state index >= 15 is 0 Å². The van der Waals surface area contributed by atoms with Crippen LogP contribution >= 0.6 is 11.3 Å². The first-order valence-electron chi connectivity index (χ1n) is 6.90. The van der Waals surface area contributed by atoms with Crippen molar-refractivity contribution in [2.45, 2.75) is 46.6 Å². The summed E-state index contributed by atoms with van der Waals surface area (Å²) in [6.07, 6.45) is 0. The smallest absolute Gasteiger partial charge is 0.107 e. The van der Waals surface area contributed by atoms with Gasteiger partial charge in [-0.15, -0.1) is 11.3 Å².